The minimum atomic E-state index is -0.204. The molecule has 0 aromatic heterocycles. The first-order valence-electron chi connectivity index (χ1n) is 7.35. The van der Waals surface area contributed by atoms with Gasteiger partial charge in [0, 0.05) is 17.9 Å². The van der Waals surface area contributed by atoms with Crippen LogP contribution in [-0.4, -0.2) is 36.5 Å². The van der Waals surface area contributed by atoms with Crippen LogP contribution in [0, 0.1) is 23.7 Å². The molecular weight excluding hydrogens is 320 g/mol. The van der Waals surface area contributed by atoms with E-state index in [9.17, 15) is 0 Å². The van der Waals surface area contributed by atoms with E-state index in [1.807, 2.05) is 6.08 Å². The Morgan fingerprint density at radius 1 is 1.15 bits per heavy atom. The molecule has 9 atom stereocenters. The van der Waals surface area contributed by atoms with E-state index in [-0.39, 0.29) is 24.6 Å². The van der Waals surface area contributed by atoms with Crippen LogP contribution in [0.15, 0.2) is 25.3 Å². The molecule has 3 rings (SSSR count). The summed E-state index contributed by atoms with van der Waals surface area (Å²) in [4.78, 5) is 0.419. The summed E-state index contributed by atoms with van der Waals surface area (Å²) in [6, 6.07) is 0. The van der Waals surface area contributed by atoms with E-state index in [1.165, 1.54) is 6.42 Å². The predicted molar refractivity (Wildman–Crippen MR) is 81.7 cm³/mol. The standard InChI is InChI=1S/C16H23BrO3/c1-5-11-12(6-2)20-16(18-4)13-8(3)9-7-10(13)15(19-11)14(9)17/h5-6,8-16H,1-2,7H2,3-4H3/t8-,9-,10-,11-,12+,13+,14+,15+,16+/m0/s1. The van der Waals surface area contributed by atoms with Crippen molar-refractivity contribution in [3.63, 3.8) is 0 Å². The molecule has 0 spiro atoms. The lowest BCUT2D eigenvalue weighted by molar-refractivity contribution is -0.241. The van der Waals surface area contributed by atoms with Crippen molar-refractivity contribution >= 4 is 15.9 Å². The summed E-state index contributed by atoms with van der Waals surface area (Å²) >= 11 is 3.86. The number of fused-ring (bicyclic) bond motifs is 1. The lowest BCUT2D eigenvalue weighted by Crippen LogP contribution is -2.52. The zero-order valence-electron chi connectivity index (χ0n) is 12.1. The Bertz CT molecular complexity index is 399. The third kappa shape index (κ3) is 2.04. The molecule has 0 radical (unpaired) electrons. The van der Waals surface area contributed by atoms with Crippen LogP contribution in [-0.2, 0) is 14.2 Å². The molecule has 3 nitrogen and oxygen atoms in total. The summed E-state index contributed by atoms with van der Waals surface area (Å²) in [6.07, 6.45) is 4.46. The number of alkyl halides is 1. The molecule has 1 saturated heterocycles. The topological polar surface area (TPSA) is 27.7 Å². The van der Waals surface area contributed by atoms with Crippen LogP contribution in [0.1, 0.15) is 13.3 Å². The van der Waals surface area contributed by atoms with E-state index < -0.39 is 0 Å². The first-order valence-corrected chi connectivity index (χ1v) is 8.26. The Morgan fingerprint density at radius 2 is 1.80 bits per heavy atom. The Balaban J connectivity index is 1.94. The van der Waals surface area contributed by atoms with Crippen LogP contribution < -0.4 is 0 Å². The molecule has 1 aliphatic heterocycles. The van der Waals surface area contributed by atoms with Gasteiger partial charge in [-0.1, -0.05) is 35.0 Å². The first kappa shape index (κ1) is 14.8. The number of rotatable bonds is 3. The average molecular weight is 343 g/mol. The van der Waals surface area contributed by atoms with Crippen molar-refractivity contribution in [3.8, 4) is 0 Å². The second kappa shape index (κ2) is 5.56. The van der Waals surface area contributed by atoms with E-state index in [0.717, 1.165) is 0 Å². The zero-order valence-corrected chi connectivity index (χ0v) is 13.7. The van der Waals surface area contributed by atoms with Gasteiger partial charge >= 0.3 is 0 Å². The van der Waals surface area contributed by atoms with Gasteiger partial charge in [0.25, 0.3) is 0 Å². The Labute approximate surface area is 129 Å². The molecule has 2 saturated carbocycles. The number of hydrogen-bond donors (Lipinski definition) is 0. The molecule has 0 unspecified atom stereocenters. The number of methoxy groups -OCH3 is 1. The molecule has 0 amide bonds. The SMILES string of the molecule is C=C[C@@H]1O[C@H]2[C@H](Br)[C@H]3C[C@H]2[C@H]([C@H](OC)O[C@@H]1C=C)[C@H]3C. The maximum atomic E-state index is 6.31. The van der Waals surface area contributed by atoms with Crippen LogP contribution >= 0.6 is 15.9 Å². The van der Waals surface area contributed by atoms with Gasteiger partial charge in [0.2, 0.25) is 0 Å². The highest BCUT2D eigenvalue weighted by atomic mass is 79.9. The van der Waals surface area contributed by atoms with Gasteiger partial charge in [-0.05, 0) is 24.2 Å². The first-order chi connectivity index (χ1) is 9.62. The molecule has 2 bridgehead atoms. The van der Waals surface area contributed by atoms with Crippen molar-refractivity contribution in [1.29, 1.82) is 0 Å². The second-order valence-electron chi connectivity index (χ2n) is 6.19. The van der Waals surface area contributed by atoms with Crippen molar-refractivity contribution in [3.05, 3.63) is 25.3 Å². The molecule has 3 fully saturated rings. The number of hydrogen-bond acceptors (Lipinski definition) is 3. The third-order valence-corrected chi connectivity index (χ3v) is 6.61. The van der Waals surface area contributed by atoms with Crippen molar-refractivity contribution < 1.29 is 14.2 Å². The van der Waals surface area contributed by atoms with E-state index >= 15 is 0 Å². The number of ether oxygens (including phenoxy) is 3. The van der Waals surface area contributed by atoms with E-state index in [0.29, 0.717) is 28.5 Å². The van der Waals surface area contributed by atoms with E-state index in [4.69, 9.17) is 14.2 Å². The van der Waals surface area contributed by atoms with Crippen LogP contribution in [0.3, 0.4) is 0 Å². The van der Waals surface area contributed by atoms with Gasteiger partial charge < -0.3 is 14.2 Å². The van der Waals surface area contributed by atoms with Crippen LogP contribution in [0.25, 0.3) is 0 Å². The highest BCUT2D eigenvalue weighted by molar-refractivity contribution is 9.09. The third-order valence-electron chi connectivity index (χ3n) is 5.41. The Kier molecular flexibility index (Phi) is 4.10. The van der Waals surface area contributed by atoms with Gasteiger partial charge in [0.1, 0.15) is 12.2 Å². The molecule has 0 N–H and O–H groups in total. The maximum Gasteiger partial charge on any atom is 0.161 e. The Hall–Kier alpha value is -0.160. The molecule has 112 valence electrons. The molecule has 0 aromatic carbocycles. The van der Waals surface area contributed by atoms with Crippen LogP contribution in [0.2, 0.25) is 0 Å². The van der Waals surface area contributed by atoms with Crippen molar-refractivity contribution in [2.24, 2.45) is 23.7 Å². The van der Waals surface area contributed by atoms with Gasteiger partial charge in [0.05, 0.1) is 6.10 Å². The Morgan fingerprint density at radius 3 is 2.35 bits per heavy atom. The fourth-order valence-electron chi connectivity index (χ4n) is 4.41. The fourth-order valence-corrected chi connectivity index (χ4v) is 5.63. The van der Waals surface area contributed by atoms with E-state index in [1.54, 1.807) is 13.2 Å². The van der Waals surface area contributed by atoms with Crippen molar-refractivity contribution in [2.45, 2.75) is 42.8 Å². The second-order valence-corrected chi connectivity index (χ2v) is 7.24. The molecule has 4 heteroatoms. The number of halogens is 1. The van der Waals surface area contributed by atoms with Crippen LogP contribution in [0.5, 0.6) is 0 Å². The lowest BCUT2D eigenvalue weighted by atomic mass is 9.78. The van der Waals surface area contributed by atoms with Gasteiger partial charge in [-0.2, -0.15) is 0 Å². The highest BCUT2D eigenvalue weighted by Gasteiger charge is 2.60. The van der Waals surface area contributed by atoms with Gasteiger partial charge in [-0.25, -0.2) is 0 Å². The predicted octanol–water partition coefficient (Wildman–Crippen LogP) is 3.15. The van der Waals surface area contributed by atoms with Crippen molar-refractivity contribution in [2.75, 3.05) is 7.11 Å². The summed E-state index contributed by atoms with van der Waals surface area (Å²) in [5.74, 6) is 2.12. The normalized spacial score (nSPS) is 54.2. The fraction of sp³-hybridized carbons (Fsp3) is 0.750. The maximum absolute atomic E-state index is 6.31. The molecular formula is C16H23BrO3. The smallest absolute Gasteiger partial charge is 0.161 e. The molecule has 1 heterocycles. The summed E-state index contributed by atoms with van der Waals surface area (Å²) in [6.45, 7) is 10.1. The highest BCUT2D eigenvalue weighted by Crippen LogP contribution is 2.58. The molecule has 2 aliphatic carbocycles. The van der Waals surface area contributed by atoms with Crippen LogP contribution in [0.4, 0.5) is 0 Å². The molecule has 0 aromatic rings. The average Bonchev–Trinajstić information content (AvgIpc) is 2.92. The summed E-state index contributed by atoms with van der Waals surface area (Å²) in [7, 11) is 1.73. The molecule has 20 heavy (non-hydrogen) atoms. The minimum absolute atomic E-state index is 0.161. The lowest BCUT2D eigenvalue weighted by Gasteiger charge is -2.45. The van der Waals surface area contributed by atoms with Gasteiger partial charge in [0.15, 0.2) is 6.29 Å². The quantitative estimate of drug-likeness (QED) is 0.582. The minimum Gasteiger partial charge on any atom is -0.366 e. The van der Waals surface area contributed by atoms with Gasteiger partial charge in [-0.15, -0.1) is 13.2 Å². The summed E-state index contributed by atoms with van der Waals surface area (Å²) in [5, 5.41) is 0. The molecule has 3 aliphatic rings. The largest absolute Gasteiger partial charge is 0.366 e. The summed E-state index contributed by atoms with van der Waals surface area (Å²) in [5.41, 5.74) is 0. The van der Waals surface area contributed by atoms with Crippen molar-refractivity contribution in [1.82, 2.24) is 0 Å². The van der Waals surface area contributed by atoms with Gasteiger partial charge in [-0.3, -0.25) is 0 Å². The van der Waals surface area contributed by atoms with E-state index in [2.05, 4.69) is 36.0 Å². The summed E-state index contributed by atoms with van der Waals surface area (Å²) < 4.78 is 18.1. The monoisotopic (exact) mass is 342 g/mol. The zero-order chi connectivity index (χ0) is 14.4.